The van der Waals surface area contributed by atoms with Crippen molar-refractivity contribution in [1.82, 2.24) is 9.97 Å². The summed E-state index contributed by atoms with van der Waals surface area (Å²) >= 11 is 1.53. The summed E-state index contributed by atoms with van der Waals surface area (Å²) in [5.74, 6) is 0. The highest BCUT2D eigenvalue weighted by atomic mass is 32.2. The summed E-state index contributed by atoms with van der Waals surface area (Å²) in [7, 11) is -3.65. The molecule has 154 valence electrons. The lowest BCUT2D eigenvalue weighted by Crippen LogP contribution is -2.14. The Morgan fingerprint density at radius 1 is 0.867 bits per heavy atom. The fourth-order valence-corrected chi connectivity index (χ4v) is 5.54. The van der Waals surface area contributed by atoms with Crippen molar-refractivity contribution < 1.29 is 8.42 Å². The number of hydrogen-bond acceptors (Lipinski definition) is 4. The van der Waals surface area contributed by atoms with Crippen LogP contribution in [0.1, 0.15) is 22.3 Å². The monoisotopic (exact) mass is 437 g/mol. The van der Waals surface area contributed by atoms with Crippen molar-refractivity contribution in [1.29, 1.82) is 0 Å². The van der Waals surface area contributed by atoms with Crippen LogP contribution in [0, 0.1) is 27.7 Å². The van der Waals surface area contributed by atoms with Crippen LogP contribution in [-0.2, 0) is 10.0 Å². The summed E-state index contributed by atoms with van der Waals surface area (Å²) in [5, 5.41) is 0.808. The standard InChI is InChI=1S/C23H23N3O2S2/c1-14-6-10-22(17(4)11-14)30(27,28)26-18-7-9-21(16(3)13-18)29-23-24-19-8-5-15(2)12-20(19)25-23/h5-13,26H,1-4H3,(H,24,25). The average Bonchev–Trinajstić information content (AvgIpc) is 3.04. The predicted molar refractivity (Wildman–Crippen MR) is 123 cm³/mol. The molecule has 0 amide bonds. The number of imidazole rings is 1. The van der Waals surface area contributed by atoms with Gasteiger partial charge in [-0.3, -0.25) is 4.72 Å². The molecule has 0 aliphatic heterocycles. The molecule has 2 N–H and O–H groups in total. The summed E-state index contributed by atoms with van der Waals surface area (Å²) in [6, 6.07) is 17.0. The van der Waals surface area contributed by atoms with E-state index in [2.05, 4.69) is 27.7 Å². The number of H-pyrrole nitrogens is 1. The van der Waals surface area contributed by atoms with Gasteiger partial charge >= 0.3 is 0 Å². The zero-order valence-corrected chi connectivity index (χ0v) is 18.9. The zero-order chi connectivity index (χ0) is 21.5. The number of sulfonamides is 1. The van der Waals surface area contributed by atoms with E-state index >= 15 is 0 Å². The molecular weight excluding hydrogens is 414 g/mol. The quantitative estimate of drug-likeness (QED) is 0.417. The van der Waals surface area contributed by atoms with Gasteiger partial charge in [0.25, 0.3) is 10.0 Å². The van der Waals surface area contributed by atoms with Crippen LogP contribution < -0.4 is 4.72 Å². The maximum absolute atomic E-state index is 12.8. The molecule has 0 unspecified atom stereocenters. The number of rotatable bonds is 5. The van der Waals surface area contributed by atoms with Crippen molar-refractivity contribution in [2.45, 2.75) is 42.6 Å². The SMILES string of the molecule is Cc1ccc(S(=O)(=O)Nc2ccc(Sc3nc4ccc(C)cc4[nH]3)c(C)c2)c(C)c1. The van der Waals surface area contributed by atoms with Crippen LogP contribution in [0.2, 0.25) is 0 Å². The van der Waals surface area contributed by atoms with Crippen molar-refractivity contribution in [2.24, 2.45) is 0 Å². The first-order valence-corrected chi connectivity index (χ1v) is 11.9. The van der Waals surface area contributed by atoms with E-state index in [1.54, 1.807) is 25.1 Å². The minimum absolute atomic E-state index is 0.293. The summed E-state index contributed by atoms with van der Waals surface area (Å²) in [5.41, 5.74) is 6.39. The molecule has 0 fully saturated rings. The predicted octanol–water partition coefficient (Wildman–Crippen LogP) is 5.75. The molecule has 4 rings (SSSR count). The second-order valence-corrected chi connectivity index (χ2v) is 10.2. The maximum atomic E-state index is 12.8. The van der Waals surface area contributed by atoms with Crippen LogP contribution in [0.15, 0.2) is 69.5 Å². The Bertz CT molecular complexity index is 1360. The van der Waals surface area contributed by atoms with E-state index in [4.69, 9.17) is 0 Å². The number of benzene rings is 3. The number of fused-ring (bicyclic) bond motifs is 1. The van der Waals surface area contributed by atoms with Crippen LogP contribution in [-0.4, -0.2) is 18.4 Å². The van der Waals surface area contributed by atoms with Gasteiger partial charge in [-0.2, -0.15) is 0 Å². The van der Waals surface area contributed by atoms with Crippen LogP contribution in [0.4, 0.5) is 5.69 Å². The third-order valence-corrected chi connectivity index (χ3v) is 7.48. The Kier molecular flexibility index (Phi) is 5.34. The molecule has 0 saturated carbocycles. The van der Waals surface area contributed by atoms with E-state index in [0.29, 0.717) is 10.6 Å². The highest BCUT2D eigenvalue weighted by molar-refractivity contribution is 7.99. The molecule has 3 aromatic carbocycles. The minimum atomic E-state index is -3.65. The van der Waals surface area contributed by atoms with Crippen LogP contribution in [0.3, 0.4) is 0 Å². The van der Waals surface area contributed by atoms with E-state index < -0.39 is 10.0 Å². The number of nitrogens with zero attached hydrogens (tertiary/aromatic N) is 1. The minimum Gasteiger partial charge on any atom is -0.333 e. The Balaban J connectivity index is 1.56. The number of anilines is 1. The van der Waals surface area contributed by atoms with Gasteiger partial charge in [0, 0.05) is 10.6 Å². The van der Waals surface area contributed by atoms with Gasteiger partial charge in [0.2, 0.25) is 0 Å². The summed E-state index contributed by atoms with van der Waals surface area (Å²) in [6.07, 6.45) is 0. The Hall–Kier alpha value is -2.77. The van der Waals surface area contributed by atoms with Gasteiger partial charge < -0.3 is 4.98 Å². The third kappa shape index (κ3) is 4.22. The molecule has 30 heavy (non-hydrogen) atoms. The lowest BCUT2D eigenvalue weighted by molar-refractivity contribution is 0.600. The second kappa shape index (κ2) is 7.81. The lowest BCUT2D eigenvalue weighted by atomic mass is 10.2. The maximum Gasteiger partial charge on any atom is 0.262 e. The highest BCUT2D eigenvalue weighted by Crippen LogP contribution is 2.32. The molecule has 0 radical (unpaired) electrons. The largest absolute Gasteiger partial charge is 0.333 e. The molecule has 1 aromatic heterocycles. The van der Waals surface area contributed by atoms with Crippen molar-refractivity contribution >= 4 is 38.5 Å². The van der Waals surface area contributed by atoms with Crippen molar-refractivity contribution in [2.75, 3.05) is 4.72 Å². The summed E-state index contributed by atoms with van der Waals surface area (Å²) in [4.78, 5) is 9.27. The van der Waals surface area contributed by atoms with Gasteiger partial charge in [0.05, 0.1) is 15.9 Å². The first kappa shape index (κ1) is 20.5. The van der Waals surface area contributed by atoms with E-state index in [0.717, 1.165) is 37.8 Å². The normalized spacial score (nSPS) is 11.7. The Morgan fingerprint density at radius 3 is 2.33 bits per heavy atom. The summed E-state index contributed by atoms with van der Waals surface area (Å²) < 4.78 is 28.3. The molecule has 0 atom stereocenters. The number of hydrogen-bond donors (Lipinski definition) is 2. The number of aromatic amines is 1. The zero-order valence-electron chi connectivity index (χ0n) is 17.3. The lowest BCUT2D eigenvalue weighted by Gasteiger charge is -2.12. The molecule has 0 saturated heterocycles. The third-order valence-electron chi connectivity index (χ3n) is 4.87. The molecule has 0 bridgehead atoms. The van der Waals surface area contributed by atoms with E-state index in [9.17, 15) is 8.42 Å². The summed E-state index contributed by atoms with van der Waals surface area (Å²) in [6.45, 7) is 7.76. The van der Waals surface area contributed by atoms with E-state index in [1.807, 2.05) is 44.2 Å². The van der Waals surface area contributed by atoms with Gasteiger partial charge in [-0.1, -0.05) is 35.5 Å². The molecule has 0 aliphatic rings. The number of nitrogens with one attached hydrogen (secondary N) is 2. The number of aryl methyl sites for hydroxylation is 4. The second-order valence-electron chi connectivity index (χ2n) is 7.52. The molecule has 1 heterocycles. The molecule has 4 aromatic rings. The molecule has 0 spiro atoms. The topological polar surface area (TPSA) is 74.8 Å². The van der Waals surface area contributed by atoms with Crippen molar-refractivity contribution in [3.63, 3.8) is 0 Å². The van der Waals surface area contributed by atoms with Gasteiger partial charge in [-0.15, -0.1) is 0 Å². The first-order chi connectivity index (χ1) is 14.2. The van der Waals surface area contributed by atoms with Crippen LogP contribution >= 0.6 is 11.8 Å². The number of aromatic nitrogens is 2. The van der Waals surface area contributed by atoms with Crippen LogP contribution in [0.25, 0.3) is 11.0 Å². The van der Waals surface area contributed by atoms with E-state index in [1.165, 1.54) is 17.3 Å². The molecule has 0 aliphatic carbocycles. The van der Waals surface area contributed by atoms with Crippen molar-refractivity contribution in [3.8, 4) is 0 Å². The first-order valence-electron chi connectivity index (χ1n) is 9.56. The van der Waals surface area contributed by atoms with Crippen LogP contribution in [0.5, 0.6) is 0 Å². The van der Waals surface area contributed by atoms with E-state index in [-0.39, 0.29) is 0 Å². The van der Waals surface area contributed by atoms with Gasteiger partial charge in [0.1, 0.15) is 0 Å². The smallest absolute Gasteiger partial charge is 0.262 e. The van der Waals surface area contributed by atoms with Crippen molar-refractivity contribution in [3.05, 3.63) is 76.9 Å². The van der Waals surface area contributed by atoms with Gasteiger partial charge in [-0.25, -0.2) is 13.4 Å². The fraction of sp³-hybridized carbons (Fsp3) is 0.174. The Morgan fingerprint density at radius 2 is 1.60 bits per heavy atom. The van der Waals surface area contributed by atoms with Gasteiger partial charge in [-0.05, 0) is 80.8 Å². The molecular formula is C23H23N3O2S2. The Labute approximate surface area is 181 Å². The molecule has 5 nitrogen and oxygen atoms in total. The van der Waals surface area contributed by atoms with Gasteiger partial charge in [0.15, 0.2) is 5.16 Å². The fourth-order valence-electron chi connectivity index (χ4n) is 3.39. The average molecular weight is 438 g/mol. The highest BCUT2D eigenvalue weighted by Gasteiger charge is 2.17. The molecule has 7 heteroatoms.